The lowest BCUT2D eigenvalue weighted by Crippen LogP contribution is -1.93. The van der Waals surface area contributed by atoms with Gasteiger partial charge in [-0.1, -0.05) is 39.3 Å². The van der Waals surface area contributed by atoms with Gasteiger partial charge in [-0.2, -0.15) is 0 Å². The van der Waals surface area contributed by atoms with Crippen molar-refractivity contribution < 1.29 is 0 Å². The summed E-state index contributed by atoms with van der Waals surface area (Å²) >= 11 is 5.86. The van der Waals surface area contributed by atoms with E-state index in [1.165, 1.54) is 11.1 Å². The van der Waals surface area contributed by atoms with Crippen molar-refractivity contribution in [1.29, 1.82) is 0 Å². The molecule has 0 bridgehead atoms. The molecule has 58 valence electrons. The van der Waals surface area contributed by atoms with Crippen LogP contribution in [-0.4, -0.2) is 0 Å². The summed E-state index contributed by atoms with van der Waals surface area (Å²) in [6, 6.07) is 6.17. The highest BCUT2D eigenvalue weighted by molar-refractivity contribution is 8.76. The Kier molecular flexibility index (Phi) is 2.35. The second-order valence-electron chi connectivity index (χ2n) is 2.44. The first kappa shape index (κ1) is 7.84. The predicted octanol–water partition coefficient (Wildman–Crippen LogP) is 3.74. The lowest BCUT2D eigenvalue weighted by molar-refractivity contribution is 1.28. The van der Waals surface area contributed by atoms with Crippen molar-refractivity contribution in [3.05, 3.63) is 34.3 Å². The third-order valence-corrected chi connectivity index (χ3v) is 4.15. The van der Waals surface area contributed by atoms with Gasteiger partial charge in [0.15, 0.2) is 0 Å². The van der Waals surface area contributed by atoms with Crippen molar-refractivity contribution in [3.8, 4) is 0 Å². The van der Waals surface area contributed by atoms with Crippen molar-refractivity contribution in [2.24, 2.45) is 0 Å². The summed E-state index contributed by atoms with van der Waals surface area (Å²) in [5, 5.41) is 0.858. The van der Waals surface area contributed by atoms with E-state index in [4.69, 9.17) is 11.6 Å². The summed E-state index contributed by atoms with van der Waals surface area (Å²) in [6.45, 7) is 0. The smallest absolute Gasteiger partial charge is 0.0409 e. The minimum atomic E-state index is 0.858. The van der Waals surface area contributed by atoms with Gasteiger partial charge in [0.2, 0.25) is 0 Å². The maximum atomic E-state index is 5.86. The van der Waals surface area contributed by atoms with Gasteiger partial charge in [-0.3, -0.25) is 0 Å². The van der Waals surface area contributed by atoms with E-state index in [1.54, 1.807) is 0 Å². The van der Waals surface area contributed by atoms with Gasteiger partial charge in [0.1, 0.15) is 0 Å². The molecule has 0 atom stereocenters. The summed E-state index contributed by atoms with van der Waals surface area (Å²) in [7, 11) is 3.82. The normalized spacial score (nSPS) is 16.1. The van der Waals surface area contributed by atoms with E-state index in [2.05, 4.69) is 12.1 Å². The van der Waals surface area contributed by atoms with E-state index in [1.807, 2.05) is 27.7 Å². The van der Waals surface area contributed by atoms with Crippen LogP contribution in [0.1, 0.15) is 11.1 Å². The predicted molar refractivity (Wildman–Crippen MR) is 54.0 cm³/mol. The molecule has 1 aromatic carbocycles. The van der Waals surface area contributed by atoms with Gasteiger partial charge in [-0.25, -0.2) is 0 Å². The summed E-state index contributed by atoms with van der Waals surface area (Å²) < 4.78 is 0. The Morgan fingerprint density at radius 2 is 1.82 bits per heavy atom. The molecule has 11 heavy (non-hydrogen) atoms. The molecule has 0 N–H and O–H groups in total. The molecule has 0 radical (unpaired) electrons. The molecule has 1 aromatic rings. The van der Waals surface area contributed by atoms with Crippen molar-refractivity contribution in [2.75, 3.05) is 0 Å². The molecular weight excluding hydrogens is 196 g/mol. The van der Waals surface area contributed by atoms with Gasteiger partial charge in [0.25, 0.3) is 0 Å². The minimum Gasteiger partial charge on any atom is -0.0890 e. The largest absolute Gasteiger partial charge is 0.0890 e. The van der Waals surface area contributed by atoms with Crippen LogP contribution in [0.2, 0.25) is 5.02 Å². The molecule has 0 aromatic heterocycles. The molecule has 0 amide bonds. The maximum Gasteiger partial charge on any atom is 0.0409 e. The van der Waals surface area contributed by atoms with E-state index in [-0.39, 0.29) is 0 Å². The standard InChI is InChI=1S/C8H7ClS2/c9-8-2-1-6-4-10-11-5-7(6)3-8/h1-3H,4-5H2. The van der Waals surface area contributed by atoms with E-state index in [9.17, 15) is 0 Å². The highest BCUT2D eigenvalue weighted by Crippen LogP contribution is 2.37. The van der Waals surface area contributed by atoms with Crippen molar-refractivity contribution in [3.63, 3.8) is 0 Å². The quantitative estimate of drug-likeness (QED) is 0.588. The molecule has 2 rings (SSSR count). The third kappa shape index (κ3) is 1.68. The first-order valence-electron chi connectivity index (χ1n) is 3.38. The highest BCUT2D eigenvalue weighted by Gasteiger charge is 2.09. The van der Waals surface area contributed by atoms with Crippen LogP contribution in [0, 0.1) is 0 Å². The summed E-state index contributed by atoms with van der Waals surface area (Å²) in [4.78, 5) is 0. The van der Waals surface area contributed by atoms with Crippen LogP contribution in [0.25, 0.3) is 0 Å². The molecule has 3 heteroatoms. The van der Waals surface area contributed by atoms with Crippen molar-refractivity contribution >= 4 is 33.2 Å². The molecule has 1 heterocycles. The van der Waals surface area contributed by atoms with Crippen LogP contribution >= 0.6 is 33.2 Å². The van der Waals surface area contributed by atoms with Gasteiger partial charge in [-0.05, 0) is 23.3 Å². The Labute approximate surface area is 79.1 Å². The molecule has 0 saturated carbocycles. The Bertz CT molecular complexity index is 273. The maximum absolute atomic E-state index is 5.86. The van der Waals surface area contributed by atoms with Crippen LogP contribution in [0.5, 0.6) is 0 Å². The zero-order valence-corrected chi connectivity index (χ0v) is 8.23. The average molecular weight is 203 g/mol. The number of hydrogen-bond acceptors (Lipinski definition) is 2. The topological polar surface area (TPSA) is 0 Å². The minimum absolute atomic E-state index is 0.858. The number of hydrogen-bond donors (Lipinski definition) is 0. The van der Waals surface area contributed by atoms with Crippen LogP contribution < -0.4 is 0 Å². The fraction of sp³-hybridized carbons (Fsp3) is 0.250. The summed E-state index contributed by atoms with van der Waals surface area (Å²) in [5.41, 5.74) is 2.85. The summed E-state index contributed by atoms with van der Waals surface area (Å²) in [6.07, 6.45) is 0. The van der Waals surface area contributed by atoms with Crippen LogP contribution in [-0.2, 0) is 11.5 Å². The molecule has 0 spiro atoms. The Balaban J connectivity index is 2.43. The number of benzene rings is 1. The number of halogens is 1. The fourth-order valence-electron chi connectivity index (χ4n) is 1.08. The van der Waals surface area contributed by atoms with Gasteiger partial charge >= 0.3 is 0 Å². The molecule has 0 unspecified atom stereocenters. The molecule has 0 nitrogen and oxygen atoms in total. The van der Waals surface area contributed by atoms with E-state index < -0.39 is 0 Å². The van der Waals surface area contributed by atoms with E-state index >= 15 is 0 Å². The zero-order valence-electron chi connectivity index (χ0n) is 5.84. The lowest BCUT2D eigenvalue weighted by atomic mass is 10.1. The van der Waals surface area contributed by atoms with Crippen molar-refractivity contribution in [1.82, 2.24) is 0 Å². The number of rotatable bonds is 0. The van der Waals surface area contributed by atoms with Crippen LogP contribution in [0.3, 0.4) is 0 Å². The van der Waals surface area contributed by atoms with Crippen LogP contribution in [0.4, 0.5) is 0 Å². The lowest BCUT2D eigenvalue weighted by Gasteiger charge is -2.13. The highest BCUT2D eigenvalue weighted by atomic mass is 35.5. The number of fused-ring (bicyclic) bond motifs is 1. The van der Waals surface area contributed by atoms with Gasteiger partial charge in [-0.15, -0.1) is 0 Å². The molecule has 0 saturated heterocycles. The SMILES string of the molecule is Clc1ccc2c(c1)CSSC2. The first-order valence-corrected chi connectivity index (χ1v) is 6.24. The molecule has 0 aliphatic carbocycles. The van der Waals surface area contributed by atoms with E-state index in [0.717, 1.165) is 16.5 Å². The van der Waals surface area contributed by atoms with E-state index in [0.29, 0.717) is 0 Å². The Morgan fingerprint density at radius 1 is 1.09 bits per heavy atom. The monoisotopic (exact) mass is 202 g/mol. The molecular formula is C8H7ClS2. The summed E-state index contributed by atoms with van der Waals surface area (Å²) in [5.74, 6) is 2.22. The fourth-order valence-corrected chi connectivity index (χ4v) is 3.51. The first-order chi connectivity index (χ1) is 5.36. The average Bonchev–Trinajstić information content (AvgIpc) is 2.04. The molecule has 1 aliphatic rings. The molecule has 1 aliphatic heterocycles. The Morgan fingerprint density at radius 3 is 2.64 bits per heavy atom. The van der Waals surface area contributed by atoms with Gasteiger partial charge in [0.05, 0.1) is 0 Å². The van der Waals surface area contributed by atoms with Gasteiger partial charge < -0.3 is 0 Å². The van der Waals surface area contributed by atoms with Crippen LogP contribution in [0.15, 0.2) is 18.2 Å². The second-order valence-corrected chi connectivity index (χ2v) is 5.34. The Hall–Kier alpha value is 0.210. The second kappa shape index (κ2) is 3.30. The molecule has 0 fully saturated rings. The zero-order chi connectivity index (χ0) is 7.68. The van der Waals surface area contributed by atoms with Crippen molar-refractivity contribution in [2.45, 2.75) is 11.5 Å². The van der Waals surface area contributed by atoms with Gasteiger partial charge in [0, 0.05) is 16.5 Å². The third-order valence-electron chi connectivity index (χ3n) is 1.68.